The first-order valence-corrected chi connectivity index (χ1v) is 5.35. The number of carbonyl (C=O) groups excluding carboxylic acids is 1. The van der Waals surface area contributed by atoms with Gasteiger partial charge in [-0.2, -0.15) is 0 Å². The zero-order valence-electron chi connectivity index (χ0n) is 9.59. The second-order valence-electron chi connectivity index (χ2n) is 3.06. The molecule has 1 rings (SSSR count). The first-order chi connectivity index (χ1) is 7.56. The molecule has 0 aliphatic heterocycles. The minimum Gasteiger partial charge on any atom is -0.496 e. The van der Waals surface area contributed by atoms with Gasteiger partial charge in [0.1, 0.15) is 21.5 Å². The highest BCUT2D eigenvalue weighted by Gasteiger charge is 2.21. The van der Waals surface area contributed by atoms with Crippen LogP contribution in [0, 0.1) is 0 Å². The van der Waals surface area contributed by atoms with Crippen molar-refractivity contribution in [2.75, 3.05) is 21.3 Å². The first-order valence-electron chi connectivity index (χ1n) is 4.56. The van der Waals surface area contributed by atoms with Crippen LogP contribution < -0.4 is 14.2 Å². The smallest absolute Gasteiger partial charge is 0.167 e. The summed E-state index contributed by atoms with van der Waals surface area (Å²) in [5, 5.41) is 0. The molecule has 0 bridgehead atoms. The van der Waals surface area contributed by atoms with Crippen LogP contribution in [-0.4, -0.2) is 27.1 Å². The Morgan fingerprint density at radius 1 is 1.12 bits per heavy atom. The van der Waals surface area contributed by atoms with Crippen LogP contribution in [0.3, 0.4) is 0 Å². The fourth-order valence-corrected chi connectivity index (χ4v) is 2.06. The SMILES string of the molecule is COc1cc(OC)c(C(C)=O)c(OC)c1Br. The van der Waals surface area contributed by atoms with E-state index < -0.39 is 0 Å². The van der Waals surface area contributed by atoms with Crippen LogP contribution in [-0.2, 0) is 0 Å². The van der Waals surface area contributed by atoms with Gasteiger partial charge in [0.15, 0.2) is 11.5 Å². The summed E-state index contributed by atoms with van der Waals surface area (Å²) in [5.74, 6) is 1.28. The molecule has 0 aromatic heterocycles. The van der Waals surface area contributed by atoms with E-state index in [2.05, 4.69) is 15.9 Å². The molecule has 1 aromatic carbocycles. The molecule has 0 atom stereocenters. The highest BCUT2D eigenvalue weighted by Crippen LogP contribution is 2.42. The number of ether oxygens (including phenoxy) is 3. The number of rotatable bonds is 4. The average Bonchev–Trinajstić information content (AvgIpc) is 2.27. The fourth-order valence-electron chi connectivity index (χ4n) is 1.42. The average molecular weight is 289 g/mol. The van der Waals surface area contributed by atoms with Crippen molar-refractivity contribution in [3.63, 3.8) is 0 Å². The zero-order chi connectivity index (χ0) is 12.3. The molecule has 0 saturated heterocycles. The van der Waals surface area contributed by atoms with Gasteiger partial charge in [0.25, 0.3) is 0 Å². The highest BCUT2D eigenvalue weighted by molar-refractivity contribution is 9.10. The molecular weight excluding hydrogens is 276 g/mol. The largest absolute Gasteiger partial charge is 0.496 e. The van der Waals surface area contributed by atoms with Crippen LogP contribution in [0.1, 0.15) is 17.3 Å². The Balaban J connectivity index is 3.57. The minimum absolute atomic E-state index is 0.128. The van der Waals surface area contributed by atoms with Gasteiger partial charge in [0.05, 0.1) is 21.3 Å². The van der Waals surface area contributed by atoms with E-state index in [1.165, 1.54) is 28.3 Å². The molecule has 0 fully saturated rings. The van der Waals surface area contributed by atoms with Crippen molar-refractivity contribution < 1.29 is 19.0 Å². The molecule has 4 nitrogen and oxygen atoms in total. The maximum absolute atomic E-state index is 11.5. The standard InChI is InChI=1S/C11H13BrO4/c1-6(13)9-7(14-2)5-8(15-3)10(12)11(9)16-4/h5H,1-4H3. The summed E-state index contributed by atoms with van der Waals surface area (Å²) in [4.78, 5) is 11.5. The van der Waals surface area contributed by atoms with Gasteiger partial charge in [-0.05, 0) is 22.9 Å². The van der Waals surface area contributed by atoms with E-state index in [0.29, 0.717) is 27.3 Å². The van der Waals surface area contributed by atoms with Gasteiger partial charge in [0.2, 0.25) is 0 Å². The number of methoxy groups -OCH3 is 3. The molecule has 88 valence electrons. The van der Waals surface area contributed by atoms with Gasteiger partial charge in [-0.15, -0.1) is 0 Å². The molecule has 5 heteroatoms. The lowest BCUT2D eigenvalue weighted by atomic mass is 10.1. The van der Waals surface area contributed by atoms with E-state index in [0.717, 1.165) is 0 Å². The molecule has 0 heterocycles. The summed E-state index contributed by atoms with van der Waals surface area (Å²) in [7, 11) is 4.52. The summed E-state index contributed by atoms with van der Waals surface area (Å²) in [6, 6.07) is 1.64. The second kappa shape index (κ2) is 5.21. The summed E-state index contributed by atoms with van der Waals surface area (Å²) in [6.07, 6.45) is 0. The van der Waals surface area contributed by atoms with E-state index in [9.17, 15) is 4.79 Å². The van der Waals surface area contributed by atoms with Crippen molar-refractivity contribution in [3.05, 3.63) is 16.1 Å². The van der Waals surface area contributed by atoms with Crippen molar-refractivity contribution >= 4 is 21.7 Å². The summed E-state index contributed by atoms with van der Waals surface area (Å²) >= 11 is 3.33. The van der Waals surface area contributed by atoms with Gasteiger partial charge < -0.3 is 14.2 Å². The van der Waals surface area contributed by atoms with Gasteiger partial charge in [-0.25, -0.2) is 0 Å². The van der Waals surface area contributed by atoms with E-state index in [4.69, 9.17) is 14.2 Å². The van der Waals surface area contributed by atoms with E-state index in [1.54, 1.807) is 6.07 Å². The van der Waals surface area contributed by atoms with Crippen LogP contribution in [0.4, 0.5) is 0 Å². The molecule has 0 aliphatic rings. The summed E-state index contributed by atoms with van der Waals surface area (Å²) < 4.78 is 16.1. The Hall–Kier alpha value is -1.23. The van der Waals surface area contributed by atoms with Gasteiger partial charge >= 0.3 is 0 Å². The van der Waals surface area contributed by atoms with Crippen LogP contribution in [0.2, 0.25) is 0 Å². The van der Waals surface area contributed by atoms with Crippen LogP contribution in [0.15, 0.2) is 10.5 Å². The van der Waals surface area contributed by atoms with Crippen molar-refractivity contribution in [2.24, 2.45) is 0 Å². The first kappa shape index (κ1) is 12.8. The van der Waals surface area contributed by atoms with Crippen molar-refractivity contribution in [1.82, 2.24) is 0 Å². The summed E-state index contributed by atoms with van der Waals surface area (Å²) in [6.45, 7) is 1.46. The Morgan fingerprint density at radius 3 is 2.06 bits per heavy atom. The molecule has 0 N–H and O–H groups in total. The highest BCUT2D eigenvalue weighted by atomic mass is 79.9. The maximum Gasteiger partial charge on any atom is 0.167 e. The van der Waals surface area contributed by atoms with E-state index in [1.807, 2.05) is 0 Å². The predicted octanol–water partition coefficient (Wildman–Crippen LogP) is 2.68. The number of carbonyl (C=O) groups is 1. The predicted molar refractivity (Wildman–Crippen MR) is 63.8 cm³/mol. The van der Waals surface area contributed by atoms with E-state index >= 15 is 0 Å². The van der Waals surface area contributed by atoms with Gasteiger partial charge in [0, 0.05) is 6.07 Å². The van der Waals surface area contributed by atoms with Gasteiger partial charge in [-0.1, -0.05) is 0 Å². The Labute approximate surface area is 103 Å². The Bertz CT molecular complexity index is 415. The number of benzene rings is 1. The Kier molecular flexibility index (Phi) is 4.18. The molecule has 0 aliphatic carbocycles. The number of hydrogen-bond donors (Lipinski definition) is 0. The maximum atomic E-state index is 11.5. The van der Waals surface area contributed by atoms with Crippen LogP contribution >= 0.6 is 15.9 Å². The molecule has 0 amide bonds. The number of hydrogen-bond acceptors (Lipinski definition) is 4. The second-order valence-corrected chi connectivity index (χ2v) is 3.85. The minimum atomic E-state index is -0.128. The number of Topliss-reactive ketones (excluding diaryl/α,β-unsaturated/α-hetero) is 1. The van der Waals surface area contributed by atoms with Gasteiger partial charge in [-0.3, -0.25) is 4.79 Å². The lowest BCUT2D eigenvalue weighted by Crippen LogP contribution is -2.03. The monoisotopic (exact) mass is 288 g/mol. The van der Waals surface area contributed by atoms with Crippen LogP contribution in [0.25, 0.3) is 0 Å². The number of halogens is 1. The zero-order valence-corrected chi connectivity index (χ0v) is 11.2. The third-order valence-electron chi connectivity index (χ3n) is 2.15. The lowest BCUT2D eigenvalue weighted by molar-refractivity contribution is 0.101. The molecule has 0 spiro atoms. The van der Waals surface area contributed by atoms with E-state index in [-0.39, 0.29) is 5.78 Å². The summed E-state index contributed by atoms with van der Waals surface area (Å²) in [5.41, 5.74) is 0.401. The molecule has 0 unspecified atom stereocenters. The normalized spacial score (nSPS) is 9.81. The quantitative estimate of drug-likeness (QED) is 0.799. The fraction of sp³-hybridized carbons (Fsp3) is 0.364. The third kappa shape index (κ3) is 2.14. The van der Waals surface area contributed by atoms with Crippen molar-refractivity contribution in [3.8, 4) is 17.2 Å². The Morgan fingerprint density at radius 2 is 1.69 bits per heavy atom. The van der Waals surface area contributed by atoms with Crippen molar-refractivity contribution in [1.29, 1.82) is 0 Å². The molecule has 16 heavy (non-hydrogen) atoms. The molecule has 0 radical (unpaired) electrons. The number of ketones is 1. The lowest BCUT2D eigenvalue weighted by Gasteiger charge is -2.15. The molecule has 1 aromatic rings. The third-order valence-corrected chi connectivity index (χ3v) is 2.90. The van der Waals surface area contributed by atoms with Crippen LogP contribution in [0.5, 0.6) is 17.2 Å². The van der Waals surface area contributed by atoms with Crippen molar-refractivity contribution in [2.45, 2.75) is 6.92 Å². The molecule has 0 saturated carbocycles. The molecular formula is C11H13BrO4. The topological polar surface area (TPSA) is 44.8 Å².